The van der Waals surface area contributed by atoms with Gasteiger partial charge in [-0.2, -0.15) is 4.68 Å². The van der Waals surface area contributed by atoms with Crippen LogP contribution in [0, 0.1) is 5.82 Å². The van der Waals surface area contributed by atoms with E-state index in [1.807, 2.05) is 19.1 Å². The van der Waals surface area contributed by atoms with Crippen LogP contribution in [-0.2, 0) is 16.1 Å². The van der Waals surface area contributed by atoms with Gasteiger partial charge in [0.25, 0.3) is 0 Å². The van der Waals surface area contributed by atoms with Crippen LogP contribution in [-0.4, -0.2) is 32.3 Å². The Bertz CT molecular complexity index is 1230. The third-order valence-electron chi connectivity index (χ3n) is 6.40. The van der Waals surface area contributed by atoms with Crippen molar-refractivity contribution < 1.29 is 18.7 Å². The molecule has 5 rings (SSSR count). The number of nitrogens with zero attached hydrogens (tertiary/aromatic N) is 4. The number of carbonyl (C=O) groups is 1. The molecule has 2 aromatic carbocycles. The van der Waals surface area contributed by atoms with E-state index in [2.05, 4.69) is 20.8 Å². The number of ether oxygens (including phenoxy) is 2. The van der Waals surface area contributed by atoms with Crippen LogP contribution in [0.15, 0.2) is 53.7 Å². The molecular formula is C25H25ClFN5O3. The summed E-state index contributed by atoms with van der Waals surface area (Å²) in [6.45, 7) is 1.81. The number of anilines is 1. The van der Waals surface area contributed by atoms with E-state index in [-0.39, 0.29) is 18.7 Å². The number of carbonyl (C=O) groups excluding carboxylic acids is 1. The third kappa shape index (κ3) is 4.86. The monoisotopic (exact) mass is 497 g/mol. The van der Waals surface area contributed by atoms with Gasteiger partial charge >= 0.3 is 5.97 Å². The van der Waals surface area contributed by atoms with Crippen molar-refractivity contribution in [3.63, 3.8) is 0 Å². The molecule has 0 radical (unpaired) electrons. The molecule has 1 unspecified atom stereocenters. The van der Waals surface area contributed by atoms with Crippen LogP contribution in [0.4, 0.5) is 10.3 Å². The summed E-state index contributed by atoms with van der Waals surface area (Å²) in [5.74, 6) is 0.182. The van der Waals surface area contributed by atoms with E-state index in [9.17, 15) is 9.18 Å². The average Bonchev–Trinajstić information content (AvgIpc) is 3.32. The molecule has 0 saturated heterocycles. The second-order valence-electron chi connectivity index (χ2n) is 8.74. The number of nitrogens with one attached hydrogen (secondary N) is 1. The van der Waals surface area contributed by atoms with E-state index < -0.39 is 11.9 Å². The minimum atomic E-state index is -0.563. The summed E-state index contributed by atoms with van der Waals surface area (Å²) in [7, 11) is 0. The van der Waals surface area contributed by atoms with Crippen LogP contribution in [0.25, 0.3) is 0 Å². The summed E-state index contributed by atoms with van der Waals surface area (Å²) < 4.78 is 27.3. The quantitative estimate of drug-likeness (QED) is 0.467. The summed E-state index contributed by atoms with van der Waals surface area (Å²) in [5.41, 5.74) is 2.18. The number of hydrogen-bond acceptors (Lipinski definition) is 7. The van der Waals surface area contributed by atoms with Crippen molar-refractivity contribution in [3.05, 3.63) is 75.7 Å². The standard InChI is InChI=1S/C25H25ClFN5O3/c1-15-22(24(33)35-18-6-3-2-4-7-18)23(32-25(28-15)29-30-31-32)16-10-12-17(13-11-16)34-14-19-20(26)8-5-9-21(19)27/h5,8-13,18,23H,2-4,6-7,14H2,1H3,(H,28,29,31). The molecular weight excluding hydrogens is 473 g/mol. The number of esters is 1. The fourth-order valence-electron chi connectivity index (χ4n) is 4.55. The Labute approximate surface area is 207 Å². The van der Waals surface area contributed by atoms with Crippen LogP contribution in [0.1, 0.15) is 56.2 Å². The van der Waals surface area contributed by atoms with E-state index in [1.54, 1.807) is 28.9 Å². The highest BCUT2D eigenvalue weighted by molar-refractivity contribution is 6.31. The molecule has 1 N–H and O–H groups in total. The molecule has 0 bridgehead atoms. The van der Waals surface area contributed by atoms with Gasteiger partial charge in [0.2, 0.25) is 5.95 Å². The van der Waals surface area contributed by atoms with E-state index in [1.165, 1.54) is 12.5 Å². The van der Waals surface area contributed by atoms with Crippen LogP contribution in [0.5, 0.6) is 5.75 Å². The normalized spacial score (nSPS) is 18.1. The predicted octanol–water partition coefficient (Wildman–Crippen LogP) is 5.21. The lowest BCUT2D eigenvalue weighted by molar-refractivity contribution is -0.146. The molecule has 10 heteroatoms. The number of aromatic nitrogens is 4. The number of hydrogen-bond donors (Lipinski definition) is 1. The van der Waals surface area contributed by atoms with Gasteiger partial charge in [0, 0.05) is 11.3 Å². The van der Waals surface area contributed by atoms with Gasteiger partial charge in [-0.15, -0.1) is 0 Å². The fraction of sp³-hybridized carbons (Fsp3) is 0.360. The summed E-state index contributed by atoms with van der Waals surface area (Å²) >= 11 is 6.09. The minimum Gasteiger partial charge on any atom is -0.489 e. The maximum atomic E-state index is 14.1. The van der Waals surface area contributed by atoms with Crippen LogP contribution in [0.2, 0.25) is 5.02 Å². The van der Waals surface area contributed by atoms with Gasteiger partial charge in [0.1, 0.15) is 30.3 Å². The van der Waals surface area contributed by atoms with Gasteiger partial charge < -0.3 is 14.8 Å². The van der Waals surface area contributed by atoms with Crippen LogP contribution >= 0.6 is 11.6 Å². The average molecular weight is 498 g/mol. The topological polar surface area (TPSA) is 91.2 Å². The molecule has 1 aliphatic heterocycles. The number of rotatable bonds is 6. The first-order valence-corrected chi connectivity index (χ1v) is 12.0. The zero-order valence-corrected chi connectivity index (χ0v) is 20.0. The van der Waals surface area contributed by atoms with Crippen molar-refractivity contribution in [2.24, 2.45) is 0 Å². The van der Waals surface area contributed by atoms with Gasteiger partial charge in [0.05, 0.1) is 10.6 Å². The Morgan fingerprint density at radius 1 is 1.17 bits per heavy atom. The molecule has 1 saturated carbocycles. The number of halogens is 2. The number of tetrazole rings is 1. The molecule has 182 valence electrons. The first-order valence-electron chi connectivity index (χ1n) is 11.6. The van der Waals surface area contributed by atoms with E-state index in [0.29, 0.717) is 33.6 Å². The van der Waals surface area contributed by atoms with Crippen molar-refractivity contribution in [2.75, 3.05) is 5.32 Å². The smallest absolute Gasteiger partial charge is 0.338 e. The highest BCUT2D eigenvalue weighted by Gasteiger charge is 2.36. The molecule has 1 aliphatic carbocycles. The van der Waals surface area contributed by atoms with E-state index >= 15 is 0 Å². The van der Waals surface area contributed by atoms with Crippen molar-refractivity contribution in [3.8, 4) is 5.75 Å². The molecule has 3 aromatic rings. The molecule has 2 heterocycles. The number of allylic oxidation sites excluding steroid dienone is 1. The molecule has 1 aromatic heterocycles. The van der Waals surface area contributed by atoms with Crippen molar-refractivity contribution in [2.45, 2.75) is 57.8 Å². The van der Waals surface area contributed by atoms with Crippen molar-refractivity contribution in [1.29, 1.82) is 0 Å². The van der Waals surface area contributed by atoms with E-state index in [4.69, 9.17) is 21.1 Å². The summed E-state index contributed by atoms with van der Waals surface area (Å²) in [6, 6.07) is 11.1. The largest absolute Gasteiger partial charge is 0.489 e. The molecule has 2 aliphatic rings. The van der Waals surface area contributed by atoms with Gasteiger partial charge in [-0.3, -0.25) is 0 Å². The third-order valence-corrected chi connectivity index (χ3v) is 6.75. The lowest BCUT2D eigenvalue weighted by atomic mass is 9.95. The summed E-state index contributed by atoms with van der Waals surface area (Å²) in [4.78, 5) is 13.3. The van der Waals surface area contributed by atoms with Crippen LogP contribution < -0.4 is 10.1 Å². The Kier molecular flexibility index (Phi) is 6.68. The Morgan fingerprint density at radius 2 is 1.94 bits per heavy atom. The zero-order valence-electron chi connectivity index (χ0n) is 19.2. The lowest BCUT2D eigenvalue weighted by Crippen LogP contribution is -2.32. The van der Waals surface area contributed by atoms with Gasteiger partial charge in [-0.1, -0.05) is 41.3 Å². The Hall–Kier alpha value is -3.46. The second kappa shape index (κ2) is 10.0. The molecule has 35 heavy (non-hydrogen) atoms. The maximum Gasteiger partial charge on any atom is 0.338 e. The molecule has 8 nitrogen and oxygen atoms in total. The van der Waals surface area contributed by atoms with Gasteiger partial charge in [-0.05, 0) is 72.9 Å². The lowest BCUT2D eigenvalue weighted by Gasteiger charge is -2.29. The van der Waals surface area contributed by atoms with Gasteiger partial charge in [-0.25, -0.2) is 9.18 Å². The van der Waals surface area contributed by atoms with E-state index in [0.717, 1.165) is 31.2 Å². The Balaban J connectivity index is 1.38. The number of benzene rings is 2. The molecule has 1 atom stereocenters. The first-order chi connectivity index (χ1) is 17.0. The molecule has 0 amide bonds. The van der Waals surface area contributed by atoms with Crippen molar-refractivity contribution >= 4 is 23.5 Å². The second-order valence-corrected chi connectivity index (χ2v) is 9.14. The Morgan fingerprint density at radius 3 is 2.69 bits per heavy atom. The zero-order chi connectivity index (χ0) is 24.4. The predicted molar refractivity (Wildman–Crippen MR) is 127 cm³/mol. The summed E-state index contributed by atoms with van der Waals surface area (Å²) in [5, 5.41) is 15.3. The van der Waals surface area contributed by atoms with Crippen LogP contribution in [0.3, 0.4) is 0 Å². The molecule has 0 spiro atoms. The maximum absolute atomic E-state index is 14.1. The van der Waals surface area contributed by atoms with Gasteiger partial charge in [0.15, 0.2) is 0 Å². The number of fused-ring (bicyclic) bond motifs is 1. The highest BCUT2D eigenvalue weighted by Crippen LogP contribution is 2.36. The molecule has 1 fully saturated rings. The fourth-order valence-corrected chi connectivity index (χ4v) is 4.77. The summed E-state index contributed by atoms with van der Waals surface area (Å²) in [6.07, 6.45) is 4.98. The minimum absolute atomic E-state index is 0.00663. The first kappa shape index (κ1) is 23.3. The highest BCUT2D eigenvalue weighted by atomic mass is 35.5. The SMILES string of the molecule is CC1=C(C(=O)OC2CCCCC2)C(c2ccc(OCc3c(F)cccc3Cl)cc2)n2nnnc2N1. The van der Waals surface area contributed by atoms with Crippen molar-refractivity contribution in [1.82, 2.24) is 20.2 Å².